The number of rotatable bonds is 3. The minimum absolute atomic E-state index is 0.0900. The molecule has 2 aromatic heterocycles. The number of anilines is 2. The molecule has 2 aromatic carbocycles. The lowest BCUT2D eigenvalue weighted by Gasteiger charge is -2.34. The van der Waals surface area contributed by atoms with E-state index < -0.39 is 5.82 Å². The number of nitrogen functional groups attached to an aromatic ring is 1. The zero-order valence-electron chi connectivity index (χ0n) is 27.3. The van der Waals surface area contributed by atoms with Crippen molar-refractivity contribution in [2.24, 2.45) is 7.05 Å². The van der Waals surface area contributed by atoms with E-state index in [-0.39, 0.29) is 22.1 Å². The van der Waals surface area contributed by atoms with Crippen LogP contribution in [0.2, 0.25) is 5.02 Å². The van der Waals surface area contributed by atoms with Crippen LogP contribution in [0.5, 0.6) is 6.01 Å². The van der Waals surface area contributed by atoms with E-state index in [2.05, 4.69) is 45.1 Å². The summed E-state index contributed by atoms with van der Waals surface area (Å²) in [5.74, 6) is 0.0265. The molecule has 45 heavy (non-hydrogen) atoms. The molecule has 3 aliphatic rings. The average Bonchev–Trinajstić information content (AvgIpc) is 3.67. The summed E-state index contributed by atoms with van der Waals surface area (Å²) in [4.78, 5) is 13.6. The maximum absolute atomic E-state index is 16.5. The van der Waals surface area contributed by atoms with Crippen molar-refractivity contribution in [3.8, 4) is 23.2 Å². The smallest absolute Gasteiger partial charge is 0.318 e. The summed E-state index contributed by atoms with van der Waals surface area (Å²) in [6.45, 7) is 11.0. The number of ether oxygens (including phenoxy) is 1. The molecule has 3 fully saturated rings. The number of nitrogens with zero attached hydrogens (tertiary/aromatic N) is 6. The van der Waals surface area contributed by atoms with Gasteiger partial charge < -0.3 is 30.2 Å². The molecule has 4 aromatic rings. The fourth-order valence-electron chi connectivity index (χ4n) is 6.86. The van der Waals surface area contributed by atoms with Gasteiger partial charge in [-0.25, -0.2) is 4.39 Å². The number of methoxy groups -OCH3 is 1. The third kappa shape index (κ3) is 5.89. The van der Waals surface area contributed by atoms with Crippen LogP contribution in [0.1, 0.15) is 57.7 Å². The number of aryl methyl sites for hydroxylation is 1. The number of nitriles is 1. The first-order valence-electron chi connectivity index (χ1n) is 15.9. The number of halogens is 2. The van der Waals surface area contributed by atoms with Crippen molar-refractivity contribution in [2.75, 3.05) is 44.4 Å². The summed E-state index contributed by atoms with van der Waals surface area (Å²) < 4.78 is 23.8. The topological polar surface area (TPSA) is 108 Å². The van der Waals surface area contributed by atoms with Gasteiger partial charge >= 0.3 is 6.01 Å². The third-order valence-electron chi connectivity index (χ3n) is 9.48. The summed E-state index contributed by atoms with van der Waals surface area (Å²) in [6.07, 6.45) is 5.00. The van der Waals surface area contributed by atoms with Crippen LogP contribution in [0.25, 0.3) is 32.9 Å². The second kappa shape index (κ2) is 13.4. The van der Waals surface area contributed by atoms with Gasteiger partial charge in [-0.1, -0.05) is 25.4 Å². The Hall–Kier alpha value is -3.65. The summed E-state index contributed by atoms with van der Waals surface area (Å²) in [6, 6.07) is 9.11. The number of hydrogen-bond donors (Lipinski definition) is 2. The minimum Gasteiger partial charge on any atom is -0.467 e. The monoisotopic (exact) mass is 634 g/mol. The Morgan fingerprint density at radius 3 is 2.36 bits per heavy atom. The lowest BCUT2D eigenvalue weighted by molar-refractivity contribution is 0.331. The number of piperazine rings is 1. The fraction of sp³-hybridized carbons (Fsp3) is 0.500. The van der Waals surface area contributed by atoms with Gasteiger partial charge in [-0.15, -0.1) is 0 Å². The lowest BCUT2D eigenvalue weighted by Crippen LogP contribution is -2.51. The van der Waals surface area contributed by atoms with Crippen LogP contribution >= 0.6 is 11.6 Å². The van der Waals surface area contributed by atoms with Crippen molar-refractivity contribution >= 4 is 44.9 Å². The van der Waals surface area contributed by atoms with Gasteiger partial charge in [0.05, 0.1) is 28.9 Å². The molecule has 0 aliphatic carbocycles. The molecule has 0 spiro atoms. The van der Waals surface area contributed by atoms with E-state index in [1.54, 1.807) is 12.1 Å². The predicted molar refractivity (Wildman–Crippen MR) is 182 cm³/mol. The first-order valence-corrected chi connectivity index (χ1v) is 16.2. The molecule has 3 aliphatic heterocycles. The molecular weight excluding hydrogens is 591 g/mol. The number of hydrogen-bond acceptors (Lipinski definition) is 8. The third-order valence-corrected chi connectivity index (χ3v) is 9.78. The standard InChI is InChI=1S/C26H25ClFN7O.C6H13N.C2H6/c1-12-20(21-16(9-29)18(30)6-7-19(21)34(12)2)22-17(27)8-15-24(23(22)28)32-26(36-3)33-25(15)35-10-13-4-5-14(11-35)31-13;1-6-4-3-5-7(6)2;1-2/h6-8,13-14,31H,4-5,10-11,30H2,1-3H3;6H,3-5H2,1-2H3;1-2H3. The fourth-order valence-corrected chi connectivity index (χ4v) is 7.15. The van der Waals surface area contributed by atoms with E-state index in [4.69, 9.17) is 22.1 Å². The van der Waals surface area contributed by atoms with Crippen LogP contribution in [0.3, 0.4) is 0 Å². The molecule has 7 rings (SSSR count). The average molecular weight is 635 g/mol. The van der Waals surface area contributed by atoms with Crippen LogP contribution < -0.4 is 20.7 Å². The Labute approximate surface area is 270 Å². The highest BCUT2D eigenvalue weighted by atomic mass is 35.5. The predicted octanol–water partition coefficient (Wildman–Crippen LogP) is 6.42. The minimum atomic E-state index is -0.584. The second-order valence-corrected chi connectivity index (χ2v) is 12.5. The molecule has 2 bridgehead atoms. The normalized spacial score (nSPS) is 20.9. The van der Waals surface area contributed by atoms with Gasteiger partial charge in [-0.05, 0) is 71.3 Å². The van der Waals surface area contributed by atoms with Crippen molar-refractivity contribution in [2.45, 2.75) is 71.5 Å². The van der Waals surface area contributed by atoms with E-state index in [1.165, 1.54) is 26.5 Å². The van der Waals surface area contributed by atoms with E-state index in [0.717, 1.165) is 43.2 Å². The molecule has 3 unspecified atom stereocenters. The van der Waals surface area contributed by atoms with Gasteiger partial charge in [-0.3, -0.25) is 0 Å². The number of likely N-dealkylation sites (tertiary alicyclic amines) is 1. The number of nitrogens with two attached hydrogens (primary N) is 1. The highest BCUT2D eigenvalue weighted by Gasteiger charge is 2.34. The first-order chi connectivity index (χ1) is 21.6. The Bertz CT molecular complexity index is 1750. The maximum atomic E-state index is 16.5. The molecule has 3 N–H and O–H groups in total. The number of nitrogens with one attached hydrogen (secondary N) is 1. The van der Waals surface area contributed by atoms with E-state index >= 15 is 4.39 Å². The molecule has 240 valence electrons. The van der Waals surface area contributed by atoms with Gasteiger partial charge in [-0.2, -0.15) is 15.2 Å². The van der Waals surface area contributed by atoms with Gasteiger partial charge in [0, 0.05) is 65.9 Å². The molecular formula is C34H44ClFN8O. The van der Waals surface area contributed by atoms with Crippen molar-refractivity contribution in [1.29, 1.82) is 5.26 Å². The summed E-state index contributed by atoms with van der Waals surface area (Å²) in [5.41, 5.74) is 9.11. The number of aromatic nitrogens is 3. The summed E-state index contributed by atoms with van der Waals surface area (Å²) in [7, 11) is 5.53. The number of benzene rings is 2. The van der Waals surface area contributed by atoms with Crippen molar-refractivity contribution < 1.29 is 9.13 Å². The molecule has 0 saturated carbocycles. The Morgan fingerprint density at radius 2 is 1.80 bits per heavy atom. The van der Waals surface area contributed by atoms with Crippen LogP contribution in [-0.2, 0) is 7.05 Å². The maximum Gasteiger partial charge on any atom is 0.318 e. The Balaban J connectivity index is 0.000000389. The van der Waals surface area contributed by atoms with Gasteiger partial charge in [0.25, 0.3) is 0 Å². The molecule has 9 nitrogen and oxygen atoms in total. The van der Waals surface area contributed by atoms with Crippen LogP contribution in [0, 0.1) is 24.1 Å². The van der Waals surface area contributed by atoms with E-state index in [9.17, 15) is 5.26 Å². The van der Waals surface area contributed by atoms with Crippen LogP contribution in [0.4, 0.5) is 15.9 Å². The lowest BCUT2D eigenvalue weighted by atomic mass is 9.96. The van der Waals surface area contributed by atoms with Gasteiger partial charge in [0.15, 0.2) is 5.82 Å². The molecule has 3 saturated heterocycles. The Morgan fingerprint density at radius 1 is 1.11 bits per heavy atom. The van der Waals surface area contributed by atoms with E-state index in [1.807, 2.05) is 38.5 Å². The first kappa shape index (κ1) is 32.7. The zero-order valence-corrected chi connectivity index (χ0v) is 28.1. The van der Waals surface area contributed by atoms with Gasteiger partial charge in [0.1, 0.15) is 17.4 Å². The molecule has 0 radical (unpaired) electrons. The number of fused-ring (bicyclic) bond motifs is 4. The molecule has 11 heteroatoms. The van der Waals surface area contributed by atoms with Crippen LogP contribution in [-0.4, -0.2) is 71.4 Å². The highest BCUT2D eigenvalue weighted by molar-refractivity contribution is 6.35. The molecule has 0 amide bonds. The van der Waals surface area contributed by atoms with E-state index in [0.29, 0.717) is 45.5 Å². The van der Waals surface area contributed by atoms with Gasteiger partial charge in [0.2, 0.25) is 0 Å². The van der Waals surface area contributed by atoms with Crippen molar-refractivity contribution in [3.05, 3.63) is 40.3 Å². The van der Waals surface area contributed by atoms with Crippen molar-refractivity contribution in [3.63, 3.8) is 0 Å². The summed E-state index contributed by atoms with van der Waals surface area (Å²) >= 11 is 6.83. The second-order valence-electron chi connectivity index (χ2n) is 12.0. The zero-order chi connectivity index (χ0) is 32.6. The van der Waals surface area contributed by atoms with Crippen LogP contribution in [0.15, 0.2) is 18.2 Å². The van der Waals surface area contributed by atoms with Crippen molar-refractivity contribution in [1.82, 2.24) is 24.8 Å². The summed E-state index contributed by atoms with van der Waals surface area (Å²) in [5, 5.41) is 14.8. The largest absolute Gasteiger partial charge is 0.467 e. The molecule has 3 atom stereocenters. The highest BCUT2D eigenvalue weighted by Crippen LogP contribution is 2.45. The molecule has 5 heterocycles. The Kier molecular flexibility index (Phi) is 9.73. The quantitative estimate of drug-likeness (QED) is 0.249. The SMILES string of the molecule is CC.CC1CCCN1C.COc1nc(N2CC3CCC(C2)N3)c2cc(Cl)c(-c3c(C)n(C)c4ccc(N)c(C#N)c34)c(F)c2n1.